The molecule has 1 fully saturated rings. The molecule has 2 unspecified atom stereocenters. The zero-order valence-electron chi connectivity index (χ0n) is 12.9. The molecule has 0 saturated carbocycles. The van der Waals surface area contributed by atoms with Crippen LogP contribution in [-0.4, -0.2) is 31.9 Å². The van der Waals surface area contributed by atoms with Crippen LogP contribution in [0.1, 0.15) is 38.2 Å². The molecule has 0 spiro atoms. The smallest absolute Gasteiger partial charge is 0.220 e. The van der Waals surface area contributed by atoms with Crippen molar-refractivity contribution in [2.24, 2.45) is 5.92 Å². The van der Waals surface area contributed by atoms with E-state index >= 15 is 0 Å². The molecule has 0 aromatic heterocycles. The highest BCUT2D eigenvalue weighted by Gasteiger charge is 2.29. The Labute approximate surface area is 137 Å². The summed E-state index contributed by atoms with van der Waals surface area (Å²) in [6.07, 6.45) is 0.872. The molecule has 1 saturated heterocycles. The van der Waals surface area contributed by atoms with Crippen molar-refractivity contribution in [1.82, 2.24) is 5.32 Å². The zero-order chi connectivity index (χ0) is 16.3. The van der Waals surface area contributed by atoms with Crippen LogP contribution in [0.2, 0.25) is 5.02 Å². The van der Waals surface area contributed by atoms with Gasteiger partial charge in [0.25, 0.3) is 0 Å². The van der Waals surface area contributed by atoms with E-state index < -0.39 is 9.84 Å². The van der Waals surface area contributed by atoms with Crippen molar-refractivity contribution < 1.29 is 13.2 Å². The summed E-state index contributed by atoms with van der Waals surface area (Å²) >= 11 is 5.91. The molecule has 2 rings (SSSR count). The number of hydrogen-bond donors (Lipinski definition) is 1. The summed E-state index contributed by atoms with van der Waals surface area (Å²) in [4.78, 5) is 12.2. The lowest BCUT2D eigenvalue weighted by molar-refractivity contribution is -0.122. The van der Waals surface area contributed by atoms with Gasteiger partial charge in [-0.2, -0.15) is 0 Å². The third-order valence-electron chi connectivity index (χ3n) is 4.11. The molecule has 0 radical (unpaired) electrons. The van der Waals surface area contributed by atoms with E-state index in [1.807, 2.05) is 24.3 Å². The van der Waals surface area contributed by atoms with Gasteiger partial charge in [0.1, 0.15) is 0 Å². The van der Waals surface area contributed by atoms with E-state index in [1.165, 1.54) is 0 Å². The average molecular weight is 344 g/mol. The molecule has 22 heavy (non-hydrogen) atoms. The topological polar surface area (TPSA) is 63.2 Å². The standard InChI is InChI=1S/C16H22ClNO3S/c1-11(2)15(12-3-5-13(17)6-4-12)9-16(19)18-14-7-8-22(20,21)10-14/h3-6,11,14-15H,7-10H2,1-2H3,(H,18,19). The van der Waals surface area contributed by atoms with Crippen molar-refractivity contribution in [3.63, 3.8) is 0 Å². The summed E-state index contributed by atoms with van der Waals surface area (Å²) in [5, 5.41) is 3.53. The molecular weight excluding hydrogens is 322 g/mol. The fraction of sp³-hybridized carbons (Fsp3) is 0.562. The van der Waals surface area contributed by atoms with Crippen LogP contribution in [0.4, 0.5) is 0 Å². The quantitative estimate of drug-likeness (QED) is 0.894. The molecule has 1 aliphatic rings. The van der Waals surface area contributed by atoms with Crippen molar-refractivity contribution in [2.45, 2.75) is 38.6 Å². The molecular formula is C16H22ClNO3S. The number of carbonyl (C=O) groups excluding carboxylic acids is 1. The van der Waals surface area contributed by atoms with Gasteiger partial charge in [0, 0.05) is 17.5 Å². The number of hydrogen-bond acceptors (Lipinski definition) is 3. The zero-order valence-corrected chi connectivity index (χ0v) is 14.5. The van der Waals surface area contributed by atoms with Crippen LogP contribution in [0.5, 0.6) is 0 Å². The Bertz CT molecular complexity index is 625. The van der Waals surface area contributed by atoms with E-state index in [2.05, 4.69) is 19.2 Å². The predicted molar refractivity (Wildman–Crippen MR) is 88.8 cm³/mol. The molecule has 1 aromatic carbocycles. The summed E-state index contributed by atoms with van der Waals surface area (Å²) in [5.41, 5.74) is 1.08. The second kappa shape index (κ2) is 7.01. The summed E-state index contributed by atoms with van der Waals surface area (Å²) in [5.74, 6) is 0.541. The molecule has 0 aliphatic carbocycles. The molecule has 1 aromatic rings. The first kappa shape index (κ1) is 17.3. The molecule has 122 valence electrons. The summed E-state index contributed by atoms with van der Waals surface area (Å²) in [6.45, 7) is 4.15. The van der Waals surface area contributed by atoms with Crippen LogP contribution in [0.15, 0.2) is 24.3 Å². The predicted octanol–water partition coefficient (Wildman–Crippen LogP) is 2.77. The number of carbonyl (C=O) groups is 1. The van der Waals surface area contributed by atoms with Gasteiger partial charge in [-0.05, 0) is 36.0 Å². The van der Waals surface area contributed by atoms with E-state index in [0.29, 0.717) is 23.8 Å². The van der Waals surface area contributed by atoms with E-state index in [9.17, 15) is 13.2 Å². The van der Waals surface area contributed by atoms with Crippen molar-refractivity contribution in [2.75, 3.05) is 11.5 Å². The van der Waals surface area contributed by atoms with Gasteiger partial charge in [-0.25, -0.2) is 8.42 Å². The molecule has 4 nitrogen and oxygen atoms in total. The van der Waals surface area contributed by atoms with Gasteiger partial charge in [-0.1, -0.05) is 37.6 Å². The third-order valence-corrected chi connectivity index (χ3v) is 6.13. The maximum atomic E-state index is 12.2. The second-order valence-electron chi connectivity index (χ2n) is 6.27. The van der Waals surface area contributed by atoms with Crippen LogP contribution in [0, 0.1) is 5.92 Å². The van der Waals surface area contributed by atoms with Gasteiger partial charge in [0.15, 0.2) is 9.84 Å². The Hall–Kier alpha value is -1.07. The van der Waals surface area contributed by atoms with Crippen LogP contribution < -0.4 is 5.32 Å². The maximum Gasteiger partial charge on any atom is 0.220 e. The van der Waals surface area contributed by atoms with Crippen LogP contribution in [-0.2, 0) is 14.6 Å². The number of rotatable bonds is 5. The van der Waals surface area contributed by atoms with Gasteiger partial charge in [0.2, 0.25) is 5.91 Å². The average Bonchev–Trinajstić information content (AvgIpc) is 2.76. The lowest BCUT2D eigenvalue weighted by Crippen LogP contribution is -2.36. The van der Waals surface area contributed by atoms with E-state index in [4.69, 9.17) is 11.6 Å². The van der Waals surface area contributed by atoms with Gasteiger partial charge in [0.05, 0.1) is 11.5 Å². The van der Waals surface area contributed by atoms with E-state index in [0.717, 1.165) is 5.56 Å². The fourth-order valence-electron chi connectivity index (χ4n) is 2.84. The van der Waals surface area contributed by atoms with Crippen LogP contribution in [0.3, 0.4) is 0 Å². The number of amides is 1. The SMILES string of the molecule is CC(C)C(CC(=O)NC1CCS(=O)(=O)C1)c1ccc(Cl)cc1. The molecule has 1 aliphatic heterocycles. The van der Waals surface area contributed by atoms with Crippen molar-refractivity contribution >= 4 is 27.3 Å². The number of sulfone groups is 1. The number of benzene rings is 1. The van der Waals surface area contributed by atoms with Crippen molar-refractivity contribution in [1.29, 1.82) is 0 Å². The van der Waals surface area contributed by atoms with Crippen molar-refractivity contribution in [3.8, 4) is 0 Å². The minimum Gasteiger partial charge on any atom is -0.352 e. The van der Waals surface area contributed by atoms with Gasteiger partial charge >= 0.3 is 0 Å². The van der Waals surface area contributed by atoms with E-state index in [1.54, 1.807) is 0 Å². The monoisotopic (exact) mass is 343 g/mol. The third kappa shape index (κ3) is 4.71. The van der Waals surface area contributed by atoms with Gasteiger partial charge in [-0.15, -0.1) is 0 Å². The Balaban J connectivity index is 1.99. The molecule has 2 atom stereocenters. The first-order chi connectivity index (χ1) is 10.3. The Morgan fingerprint density at radius 3 is 2.45 bits per heavy atom. The Morgan fingerprint density at radius 2 is 1.95 bits per heavy atom. The van der Waals surface area contributed by atoms with Gasteiger partial charge < -0.3 is 5.32 Å². The molecule has 0 bridgehead atoms. The normalized spacial score (nSPS) is 21.7. The minimum absolute atomic E-state index is 0.0615. The lowest BCUT2D eigenvalue weighted by Gasteiger charge is -2.22. The molecule has 6 heteroatoms. The van der Waals surface area contributed by atoms with Gasteiger partial charge in [-0.3, -0.25) is 4.79 Å². The molecule has 1 heterocycles. The Morgan fingerprint density at radius 1 is 1.32 bits per heavy atom. The summed E-state index contributed by atoms with van der Waals surface area (Å²) in [7, 11) is -2.97. The first-order valence-electron chi connectivity index (χ1n) is 7.52. The summed E-state index contributed by atoms with van der Waals surface area (Å²) < 4.78 is 22.9. The Kier molecular flexibility index (Phi) is 5.50. The number of halogens is 1. The highest BCUT2D eigenvalue weighted by atomic mass is 35.5. The van der Waals surface area contributed by atoms with E-state index in [-0.39, 0.29) is 29.4 Å². The second-order valence-corrected chi connectivity index (χ2v) is 8.94. The molecule has 1 amide bonds. The highest BCUT2D eigenvalue weighted by molar-refractivity contribution is 7.91. The number of nitrogens with one attached hydrogen (secondary N) is 1. The van der Waals surface area contributed by atoms with Crippen molar-refractivity contribution in [3.05, 3.63) is 34.9 Å². The summed E-state index contributed by atoms with van der Waals surface area (Å²) in [6, 6.07) is 7.30. The molecule has 1 N–H and O–H groups in total. The van der Waals surface area contributed by atoms with Crippen LogP contribution >= 0.6 is 11.6 Å². The van der Waals surface area contributed by atoms with Crippen LogP contribution in [0.25, 0.3) is 0 Å². The lowest BCUT2D eigenvalue weighted by atomic mass is 9.85. The largest absolute Gasteiger partial charge is 0.352 e. The highest BCUT2D eigenvalue weighted by Crippen LogP contribution is 2.29. The maximum absolute atomic E-state index is 12.2. The fourth-order valence-corrected chi connectivity index (χ4v) is 4.64. The first-order valence-corrected chi connectivity index (χ1v) is 9.72. The minimum atomic E-state index is -2.97.